The van der Waals surface area contributed by atoms with E-state index in [-0.39, 0.29) is 17.3 Å². The Hall–Kier alpha value is -3.31. The summed E-state index contributed by atoms with van der Waals surface area (Å²) in [5.74, 6) is -1.96. The van der Waals surface area contributed by atoms with Gasteiger partial charge in [-0.25, -0.2) is 17.9 Å². The molecule has 0 saturated carbocycles. The summed E-state index contributed by atoms with van der Waals surface area (Å²) >= 11 is 0. The van der Waals surface area contributed by atoms with E-state index < -0.39 is 40.2 Å². The number of esters is 1. The van der Waals surface area contributed by atoms with Crippen LogP contribution < -0.4 is 10.5 Å². The number of hydrogen-bond acceptors (Lipinski definition) is 6. The molecule has 34 heavy (non-hydrogen) atoms. The van der Waals surface area contributed by atoms with Gasteiger partial charge in [-0.1, -0.05) is 12.1 Å². The number of benzene rings is 2. The van der Waals surface area contributed by atoms with Gasteiger partial charge in [-0.05, 0) is 61.2 Å². The van der Waals surface area contributed by atoms with Crippen molar-refractivity contribution in [1.29, 1.82) is 0 Å². The Morgan fingerprint density at radius 2 is 1.65 bits per heavy atom. The highest BCUT2D eigenvalue weighted by atomic mass is 32.2. The molecule has 0 aromatic heterocycles. The van der Waals surface area contributed by atoms with Gasteiger partial charge in [0.1, 0.15) is 5.82 Å². The molecule has 2 aromatic rings. The van der Waals surface area contributed by atoms with E-state index in [1.54, 1.807) is 17.0 Å². The molecular formula is C23H26FN3O6S. The second-order valence-electron chi connectivity index (χ2n) is 7.97. The number of hydrogen-bond donors (Lipinski definition) is 2. The molecule has 182 valence electrons. The fourth-order valence-corrected chi connectivity index (χ4v) is 4.11. The van der Waals surface area contributed by atoms with E-state index in [1.165, 1.54) is 36.4 Å². The van der Waals surface area contributed by atoms with Crippen LogP contribution >= 0.6 is 0 Å². The van der Waals surface area contributed by atoms with Gasteiger partial charge in [0, 0.05) is 25.2 Å². The molecule has 0 unspecified atom stereocenters. The Balaban J connectivity index is 1.35. The third-order valence-electron chi connectivity index (χ3n) is 5.54. The second-order valence-corrected chi connectivity index (χ2v) is 9.53. The van der Waals surface area contributed by atoms with Crippen LogP contribution in [0.4, 0.5) is 4.39 Å². The van der Waals surface area contributed by atoms with Gasteiger partial charge in [0.2, 0.25) is 10.0 Å². The second kappa shape index (κ2) is 11.2. The van der Waals surface area contributed by atoms with Gasteiger partial charge in [-0.2, -0.15) is 0 Å². The SMILES string of the molecule is NS(=O)(=O)c1ccc(CCNC(=O)COC(=O)C2CCN(C(=O)c3ccc(F)cc3)CC2)cc1. The quantitative estimate of drug-likeness (QED) is 0.533. The molecule has 2 aromatic carbocycles. The molecule has 1 saturated heterocycles. The van der Waals surface area contributed by atoms with Crippen LogP contribution in [0.15, 0.2) is 53.4 Å². The predicted molar refractivity (Wildman–Crippen MR) is 121 cm³/mol. The summed E-state index contributed by atoms with van der Waals surface area (Å²) in [5.41, 5.74) is 1.20. The lowest BCUT2D eigenvalue weighted by Crippen LogP contribution is -2.41. The summed E-state index contributed by atoms with van der Waals surface area (Å²) in [4.78, 5) is 38.3. The van der Waals surface area contributed by atoms with Crippen molar-refractivity contribution < 1.29 is 31.9 Å². The number of carbonyl (C=O) groups is 3. The average molecular weight is 492 g/mol. The molecule has 9 nitrogen and oxygen atoms in total. The van der Waals surface area contributed by atoms with Crippen molar-refractivity contribution in [2.75, 3.05) is 26.2 Å². The number of rotatable bonds is 8. The topological polar surface area (TPSA) is 136 Å². The minimum absolute atomic E-state index is 0.0119. The first-order valence-corrected chi connectivity index (χ1v) is 12.3. The number of halogens is 1. The molecule has 1 heterocycles. The fraction of sp³-hybridized carbons (Fsp3) is 0.348. The highest BCUT2D eigenvalue weighted by Crippen LogP contribution is 2.20. The number of ether oxygens (including phenoxy) is 1. The molecule has 2 amide bonds. The first-order chi connectivity index (χ1) is 16.1. The van der Waals surface area contributed by atoms with Gasteiger partial charge in [0.05, 0.1) is 10.8 Å². The van der Waals surface area contributed by atoms with Gasteiger partial charge in [-0.15, -0.1) is 0 Å². The zero-order valence-electron chi connectivity index (χ0n) is 18.4. The summed E-state index contributed by atoms with van der Waals surface area (Å²) in [7, 11) is -3.75. The van der Waals surface area contributed by atoms with E-state index in [9.17, 15) is 27.2 Å². The number of nitrogens with two attached hydrogens (primary N) is 1. The van der Waals surface area contributed by atoms with Crippen LogP contribution in [-0.4, -0.2) is 57.3 Å². The third-order valence-corrected chi connectivity index (χ3v) is 6.47. The normalized spacial score (nSPS) is 14.5. The first kappa shape index (κ1) is 25.3. The van der Waals surface area contributed by atoms with Crippen LogP contribution in [0, 0.1) is 11.7 Å². The highest BCUT2D eigenvalue weighted by molar-refractivity contribution is 7.89. The minimum Gasteiger partial charge on any atom is -0.455 e. The maximum absolute atomic E-state index is 13.0. The number of nitrogens with one attached hydrogen (secondary N) is 1. The van der Waals surface area contributed by atoms with Crippen LogP contribution in [0.25, 0.3) is 0 Å². The number of amides is 2. The van der Waals surface area contributed by atoms with E-state index in [4.69, 9.17) is 9.88 Å². The van der Waals surface area contributed by atoms with E-state index in [1.807, 2.05) is 0 Å². The monoisotopic (exact) mass is 491 g/mol. The molecule has 0 bridgehead atoms. The van der Waals surface area contributed by atoms with Crippen LogP contribution in [0.1, 0.15) is 28.8 Å². The Kier molecular flexibility index (Phi) is 8.35. The van der Waals surface area contributed by atoms with Crippen molar-refractivity contribution in [2.24, 2.45) is 11.1 Å². The minimum atomic E-state index is -3.75. The Morgan fingerprint density at radius 1 is 1.03 bits per heavy atom. The van der Waals surface area contributed by atoms with E-state index in [2.05, 4.69) is 5.32 Å². The Bertz CT molecular complexity index is 1130. The summed E-state index contributed by atoms with van der Waals surface area (Å²) in [6.07, 6.45) is 1.30. The first-order valence-electron chi connectivity index (χ1n) is 10.7. The molecule has 0 spiro atoms. The maximum Gasteiger partial charge on any atom is 0.309 e. The molecule has 3 N–H and O–H groups in total. The summed E-state index contributed by atoms with van der Waals surface area (Å²) in [5, 5.41) is 7.69. The van der Waals surface area contributed by atoms with Crippen molar-refractivity contribution in [3.63, 3.8) is 0 Å². The molecule has 1 aliphatic rings. The zero-order chi connectivity index (χ0) is 24.7. The summed E-state index contributed by atoms with van der Waals surface area (Å²) in [6.45, 7) is 0.617. The predicted octanol–water partition coefficient (Wildman–Crippen LogP) is 1.23. The van der Waals surface area contributed by atoms with Crippen LogP contribution in [0.2, 0.25) is 0 Å². The number of likely N-dealkylation sites (tertiary alicyclic amines) is 1. The lowest BCUT2D eigenvalue weighted by Gasteiger charge is -2.31. The van der Waals surface area contributed by atoms with Gasteiger partial charge in [-0.3, -0.25) is 14.4 Å². The van der Waals surface area contributed by atoms with Gasteiger partial charge in [0.15, 0.2) is 6.61 Å². The van der Waals surface area contributed by atoms with Crippen molar-refractivity contribution >= 4 is 27.8 Å². The van der Waals surface area contributed by atoms with Gasteiger partial charge >= 0.3 is 5.97 Å². The zero-order valence-corrected chi connectivity index (χ0v) is 19.2. The van der Waals surface area contributed by atoms with Crippen molar-refractivity contribution in [2.45, 2.75) is 24.2 Å². The van der Waals surface area contributed by atoms with E-state index in [0.717, 1.165) is 5.56 Å². The number of sulfonamides is 1. The molecule has 11 heteroatoms. The highest BCUT2D eigenvalue weighted by Gasteiger charge is 2.29. The van der Waals surface area contributed by atoms with E-state index in [0.29, 0.717) is 37.9 Å². The Labute approximate surface area is 197 Å². The Morgan fingerprint density at radius 3 is 2.24 bits per heavy atom. The standard InChI is InChI=1S/C23H26FN3O6S/c24-19-5-3-17(4-6-19)22(29)27-13-10-18(11-14-27)23(30)33-15-21(28)26-12-9-16-1-7-20(8-2-16)34(25,31)32/h1-8,18H,9-15H2,(H,26,28)(H2,25,31,32). The maximum atomic E-state index is 13.0. The molecule has 1 fully saturated rings. The number of piperidine rings is 1. The molecule has 0 radical (unpaired) electrons. The largest absolute Gasteiger partial charge is 0.455 e. The summed E-state index contributed by atoms with van der Waals surface area (Å²) < 4.78 is 40.7. The van der Waals surface area contributed by atoms with Gasteiger partial charge in [0.25, 0.3) is 11.8 Å². The summed E-state index contributed by atoms with van der Waals surface area (Å²) in [6, 6.07) is 11.3. The molecular weight excluding hydrogens is 465 g/mol. The van der Waals surface area contributed by atoms with E-state index >= 15 is 0 Å². The smallest absolute Gasteiger partial charge is 0.309 e. The van der Waals surface area contributed by atoms with Crippen molar-refractivity contribution in [3.8, 4) is 0 Å². The van der Waals surface area contributed by atoms with Crippen molar-refractivity contribution in [3.05, 3.63) is 65.5 Å². The molecule has 0 atom stereocenters. The van der Waals surface area contributed by atoms with Crippen LogP contribution in [-0.2, 0) is 30.8 Å². The molecule has 0 aliphatic carbocycles. The van der Waals surface area contributed by atoms with Crippen LogP contribution in [0.3, 0.4) is 0 Å². The fourth-order valence-electron chi connectivity index (χ4n) is 3.59. The van der Waals surface area contributed by atoms with Gasteiger partial charge < -0.3 is 15.0 Å². The number of primary sulfonamides is 1. The number of nitrogens with zero attached hydrogens (tertiary/aromatic N) is 1. The average Bonchev–Trinajstić information content (AvgIpc) is 2.82. The lowest BCUT2D eigenvalue weighted by molar-refractivity contribution is -0.153. The van der Waals surface area contributed by atoms with Crippen molar-refractivity contribution in [1.82, 2.24) is 10.2 Å². The number of carbonyl (C=O) groups excluding carboxylic acids is 3. The molecule has 3 rings (SSSR count). The third kappa shape index (κ3) is 7.09. The molecule has 1 aliphatic heterocycles. The van der Waals surface area contributed by atoms with Crippen LogP contribution in [0.5, 0.6) is 0 Å². The lowest BCUT2D eigenvalue weighted by atomic mass is 9.96.